The van der Waals surface area contributed by atoms with Gasteiger partial charge in [0.1, 0.15) is 0 Å². The van der Waals surface area contributed by atoms with Crippen molar-refractivity contribution in [2.24, 2.45) is 10.8 Å². The van der Waals surface area contributed by atoms with Crippen molar-refractivity contribution < 1.29 is 4.74 Å². The number of piperidine rings is 1. The summed E-state index contributed by atoms with van der Waals surface area (Å²) in [6.07, 6.45) is 4.03. The lowest BCUT2D eigenvalue weighted by Gasteiger charge is -2.48. The molecule has 24 heavy (non-hydrogen) atoms. The van der Waals surface area contributed by atoms with Crippen LogP contribution >= 0.6 is 0 Å². The van der Waals surface area contributed by atoms with Crippen LogP contribution in [0, 0.1) is 10.8 Å². The summed E-state index contributed by atoms with van der Waals surface area (Å²) in [5.74, 6) is 0. The fraction of sp³-hybridized carbons (Fsp3) is 1.00. The zero-order valence-corrected chi connectivity index (χ0v) is 17.0. The van der Waals surface area contributed by atoms with Gasteiger partial charge in [0, 0.05) is 30.6 Å². The third-order valence-corrected chi connectivity index (χ3v) is 6.46. The summed E-state index contributed by atoms with van der Waals surface area (Å²) in [6.45, 7) is 19.7. The van der Waals surface area contributed by atoms with E-state index in [4.69, 9.17) is 4.74 Å². The Hall–Kier alpha value is -0.160. The molecule has 3 aliphatic heterocycles. The molecule has 0 saturated carbocycles. The molecule has 3 rings (SSSR count). The Balaban J connectivity index is 0.000000174. The van der Waals surface area contributed by atoms with Crippen molar-refractivity contribution in [2.45, 2.75) is 66.0 Å². The first-order valence-electron chi connectivity index (χ1n) is 9.98. The van der Waals surface area contributed by atoms with E-state index in [1.807, 2.05) is 0 Å². The number of rotatable bonds is 5. The number of hydrogen-bond acceptors (Lipinski definition) is 4. The minimum Gasteiger partial charge on any atom is -0.380 e. The molecule has 4 nitrogen and oxygen atoms in total. The van der Waals surface area contributed by atoms with Crippen LogP contribution in [0.5, 0.6) is 0 Å². The van der Waals surface area contributed by atoms with Gasteiger partial charge in [-0.15, -0.1) is 0 Å². The molecule has 0 aromatic carbocycles. The van der Waals surface area contributed by atoms with Gasteiger partial charge in [-0.25, -0.2) is 0 Å². The maximum atomic E-state index is 5.29. The van der Waals surface area contributed by atoms with E-state index < -0.39 is 0 Å². The van der Waals surface area contributed by atoms with Crippen LogP contribution in [0.1, 0.15) is 53.9 Å². The van der Waals surface area contributed by atoms with Crippen molar-refractivity contribution in [3.8, 4) is 0 Å². The smallest absolute Gasteiger partial charge is 0.0545 e. The zero-order valence-electron chi connectivity index (χ0n) is 17.0. The lowest BCUT2D eigenvalue weighted by Crippen LogP contribution is -2.52. The number of likely N-dealkylation sites (tertiary alicyclic amines) is 1. The second-order valence-corrected chi connectivity index (χ2v) is 9.36. The molecule has 0 unspecified atom stereocenters. The highest BCUT2D eigenvalue weighted by Gasteiger charge is 2.41. The molecule has 3 aliphatic rings. The number of nitrogens with zero attached hydrogens (tertiary/aromatic N) is 2. The molecule has 0 amide bonds. The van der Waals surface area contributed by atoms with Crippen LogP contribution in [-0.2, 0) is 4.74 Å². The molecule has 3 heterocycles. The third-order valence-electron chi connectivity index (χ3n) is 6.46. The second-order valence-electron chi connectivity index (χ2n) is 9.36. The zero-order chi connectivity index (χ0) is 17.8. The summed E-state index contributed by atoms with van der Waals surface area (Å²) in [5.41, 5.74) is 1.19. The molecule has 0 aromatic rings. The van der Waals surface area contributed by atoms with Gasteiger partial charge in [-0.05, 0) is 79.1 Å². The number of nitrogens with one attached hydrogen (secondary N) is 1. The molecular weight excluding hydrogens is 298 g/mol. The van der Waals surface area contributed by atoms with Gasteiger partial charge in [0.15, 0.2) is 0 Å². The first-order chi connectivity index (χ1) is 11.3. The number of ether oxygens (including phenoxy) is 1. The largest absolute Gasteiger partial charge is 0.380 e. The first kappa shape index (κ1) is 20.2. The topological polar surface area (TPSA) is 27.7 Å². The molecule has 0 radical (unpaired) electrons. The molecule has 0 aromatic heterocycles. The normalized spacial score (nSPS) is 25.4. The lowest BCUT2D eigenvalue weighted by atomic mass is 9.76. The Morgan fingerprint density at radius 3 is 2.00 bits per heavy atom. The summed E-state index contributed by atoms with van der Waals surface area (Å²) < 4.78 is 5.29. The Morgan fingerprint density at radius 1 is 1.08 bits per heavy atom. The van der Waals surface area contributed by atoms with Gasteiger partial charge in [0.2, 0.25) is 0 Å². The van der Waals surface area contributed by atoms with E-state index in [1.165, 1.54) is 52.0 Å². The van der Waals surface area contributed by atoms with E-state index in [0.717, 1.165) is 19.3 Å². The fourth-order valence-electron chi connectivity index (χ4n) is 3.63. The maximum Gasteiger partial charge on any atom is 0.0545 e. The van der Waals surface area contributed by atoms with Gasteiger partial charge in [0.05, 0.1) is 13.2 Å². The predicted octanol–water partition coefficient (Wildman–Crippen LogP) is 2.83. The highest BCUT2D eigenvalue weighted by molar-refractivity contribution is 4.91. The van der Waals surface area contributed by atoms with Gasteiger partial charge in [-0.3, -0.25) is 0 Å². The molecule has 0 aliphatic carbocycles. The van der Waals surface area contributed by atoms with E-state index in [0.29, 0.717) is 16.9 Å². The van der Waals surface area contributed by atoms with Gasteiger partial charge >= 0.3 is 0 Å². The van der Waals surface area contributed by atoms with Gasteiger partial charge in [0.25, 0.3) is 0 Å². The lowest BCUT2D eigenvalue weighted by molar-refractivity contribution is -0.141. The van der Waals surface area contributed by atoms with Crippen LogP contribution in [0.2, 0.25) is 0 Å². The van der Waals surface area contributed by atoms with E-state index in [2.05, 4.69) is 56.8 Å². The minimum atomic E-state index is 0.586. The van der Waals surface area contributed by atoms with Crippen LogP contribution in [0.3, 0.4) is 0 Å². The first-order valence-corrected chi connectivity index (χ1v) is 9.98. The Kier molecular flexibility index (Phi) is 7.12. The van der Waals surface area contributed by atoms with E-state index in [9.17, 15) is 0 Å². The average molecular weight is 340 g/mol. The summed E-state index contributed by atoms with van der Waals surface area (Å²) in [7, 11) is 2.21. The minimum absolute atomic E-state index is 0.586. The molecule has 3 fully saturated rings. The number of hydrogen-bond donors (Lipinski definition) is 1. The fourth-order valence-corrected chi connectivity index (χ4v) is 3.63. The molecule has 0 bridgehead atoms. The maximum absolute atomic E-state index is 5.29. The van der Waals surface area contributed by atoms with Crippen LogP contribution in [0.25, 0.3) is 0 Å². The predicted molar refractivity (Wildman–Crippen MR) is 103 cm³/mol. The van der Waals surface area contributed by atoms with Gasteiger partial charge in [-0.2, -0.15) is 0 Å². The van der Waals surface area contributed by atoms with Crippen LogP contribution in [-0.4, -0.2) is 74.9 Å². The van der Waals surface area contributed by atoms with Gasteiger partial charge < -0.3 is 19.9 Å². The quantitative estimate of drug-likeness (QED) is 0.833. The Labute approximate surface area is 150 Å². The van der Waals surface area contributed by atoms with Crippen LogP contribution < -0.4 is 5.32 Å². The van der Waals surface area contributed by atoms with Crippen molar-refractivity contribution in [1.82, 2.24) is 15.1 Å². The molecular formula is C20H41N3O. The van der Waals surface area contributed by atoms with Crippen molar-refractivity contribution in [1.29, 1.82) is 0 Å². The van der Waals surface area contributed by atoms with Crippen molar-refractivity contribution in [2.75, 3.05) is 53.0 Å². The van der Waals surface area contributed by atoms with E-state index >= 15 is 0 Å². The summed E-state index contributed by atoms with van der Waals surface area (Å²) >= 11 is 0. The van der Waals surface area contributed by atoms with Gasteiger partial charge in [-0.1, -0.05) is 6.92 Å². The van der Waals surface area contributed by atoms with E-state index in [1.54, 1.807) is 0 Å². The molecule has 0 atom stereocenters. The van der Waals surface area contributed by atoms with Crippen LogP contribution in [0.15, 0.2) is 0 Å². The van der Waals surface area contributed by atoms with Crippen LogP contribution in [0.4, 0.5) is 0 Å². The monoisotopic (exact) mass is 339 g/mol. The third kappa shape index (κ3) is 5.42. The highest BCUT2D eigenvalue weighted by Crippen LogP contribution is 2.38. The average Bonchev–Trinajstić information content (AvgIpc) is 2.49. The van der Waals surface area contributed by atoms with E-state index in [-0.39, 0.29) is 0 Å². The molecule has 3 saturated heterocycles. The van der Waals surface area contributed by atoms with Crippen molar-refractivity contribution in [3.63, 3.8) is 0 Å². The molecule has 4 heteroatoms. The van der Waals surface area contributed by atoms with Crippen molar-refractivity contribution in [3.05, 3.63) is 0 Å². The molecule has 1 spiro atoms. The molecule has 1 N–H and O–H groups in total. The second kappa shape index (κ2) is 8.48. The Morgan fingerprint density at radius 2 is 1.67 bits per heavy atom. The SMILES string of the molecule is CC(C)N(C)CCC1(C)CNC1.CC(C)N1CCC2(CC1)COC2. The standard InChI is InChI=1S/C10H22N2.C10H19NO/c1-9(2)12(4)6-5-10(3)7-11-8-10;1-9(2)11-5-3-10(4-6-11)7-12-8-10/h9,11H,5-8H2,1-4H3;9H,3-8H2,1-2H3. The van der Waals surface area contributed by atoms with Crippen molar-refractivity contribution >= 4 is 0 Å². The summed E-state index contributed by atoms with van der Waals surface area (Å²) in [4.78, 5) is 4.99. The molecule has 142 valence electrons. The highest BCUT2D eigenvalue weighted by atomic mass is 16.5. The summed E-state index contributed by atoms with van der Waals surface area (Å²) in [6, 6.07) is 1.41. The Bertz CT molecular complexity index is 365. The summed E-state index contributed by atoms with van der Waals surface area (Å²) in [5, 5.41) is 3.34.